The first-order valence-electron chi connectivity index (χ1n) is 13.4. The molecule has 4 aromatic rings. The van der Waals surface area contributed by atoms with Gasteiger partial charge in [0.1, 0.15) is 11.5 Å². The number of rotatable bonds is 11. The number of nitrogens with one attached hydrogen (secondary N) is 1. The normalized spacial score (nSPS) is 13.7. The summed E-state index contributed by atoms with van der Waals surface area (Å²) >= 11 is 0. The van der Waals surface area contributed by atoms with Crippen LogP contribution in [0.2, 0.25) is 0 Å². The SMILES string of the molecule is COc1cc(OCC(N)=O)cc(C(=O)CCC2CCN(c3nc(-c4cccc(-c5ccn[nH]5)c4)ncc3F)CC2)c1. The van der Waals surface area contributed by atoms with Gasteiger partial charge in [-0.15, -0.1) is 0 Å². The van der Waals surface area contributed by atoms with Crippen molar-refractivity contribution in [1.29, 1.82) is 0 Å². The van der Waals surface area contributed by atoms with Gasteiger partial charge in [-0.3, -0.25) is 14.7 Å². The molecule has 0 bridgehead atoms. The topological polar surface area (TPSA) is 136 Å². The van der Waals surface area contributed by atoms with Gasteiger partial charge < -0.3 is 20.1 Å². The first kappa shape index (κ1) is 27.8. The Kier molecular flexibility index (Phi) is 8.52. The van der Waals surface area contributed by atoms with E-state index in [9.17, 15) is 14.0 Å². The highest BCUT2D eigenvalue weighted by molar-refractivity contribution is 5.96. The van der Waals surface area contributed by atoms with Crippen LogP contribution in [0.5, 0.6) is 11.5 Å². The van der Waals surface area contributed by atoms with E-state index in [-0.39, 0.29) is 18.2 Å². The highest BCUT2D eigenvalue weighted by Crippen LogP contribution is 2.30. The Hall–Kier alpha value is -4.80. The molecule has 0 atom stereocenters. The minimum Gasteiger partial charge on any atom is -0.497 e. The second-order valence-corrected chi connectivity index (χ2v) is 9.96. The van der Waals surface area contributed by atoms with Gasteiger partial charge in [-0.25, -0.2) is 14.4 Å². The van der Waals surface area contributed by atoms with Crippen LogP contribution in [0, 0.1) is 11.7 Å². The van der Waals surface area contributed by atoms with Gasteiger partial charge in [0.05, 0.1) is 19.0 Å². The number of hydrogen-bond acceptors (Lipinski definition) is 8. The number of primary amides is 1. The summed E-state index contributed by atoms with van der Waals surface area (Å²) in [6.45, 7) is 0.973. The van der Waals surface area contributed by atoms with Crippen molar-refractivity contribution < 1.29 is 23.5 Å². The van der Waals surface area contributed by atoms with Crippen molar-refractivity contribution in [3.63, 3.8) is 0 Å². The number of carbonyl (C=O) groups excluding carboxylic acids is 2. The molecule has 0 unspecified atom stereocenters. The van der Waals surface area contributed by atoms with Crippen molar-refractivity contribution >= 4 is 17.5 Å². The van der Waals surface area contributed by atoms with Crippen LogP contribution in [0.3, 0.4) is 0 Å². The van der Waals surface area contributed by atoms with E-state index in [2.05, 4.69) is 20.2 Å². The molecule has 1 amide bonds. The Labute approximate surface area is 236 Å². The van der Waals surface area contributed by atoms with Crippen molar-refractivity contribution in [3.8, 4) is 34.1 Å². The fourth-order valence-corrected chi connectivity index (χ4v) is 4.96. The lowest BCUT2D eigenvalue weighted by Gasteiger charge is -2.33. The van der Waals surface area contributed by atoms with Gasteiger partial charge in [-0.2, -0.15) is 5.10 Å². The fourth-order valence-electron chi connectivity index (χ4n) is 4.96. The van der Waals surface area contributed by atoms with Gasteiger partial charge in [0.15, 0.2) is 29.8 Å². The van der Waals surface area contributed by atoms with Crippen molar-refractivity contribution in [2.45, 2.75) is 25.7 Å². The number of aromatic amines is 1. The summed E-state index contributed by atoms with van der Waals surface area (Å²) in [6.07, 6.45) is 5.59. The number of carbonyl (C=O) groups is 2. The van der Waals surface area contributed by atoms with E-state index in [1.54, 1.807) is 24.4 Å². The minimum atomic E-state index is -0.607. The van der Waals surface area contributed by atoms with E-state index < -0.39 is 11.7 Å². The molecule has 11 heteroatoms. The molecular weight excluding hydrogens is 527 g/mol. The van der Waals surface area contributed by atoms with Crippen LogP contribution in [0.25, 0.3) is 22.6 Å². The molecule has 2 aromatic heterocycles. The van der Waals surface area contributed by atoms with Gasteiger partial charge in [0.25, 0.3) is 5.91 Å². The maximum absolute atomic E-state index is 14.8. The molecule has 1 aliphatic rings. The highest BCUT2D eigenvalue weighted by Gasteiger charge is 2.24. The van der Waals surface area contributed by atoms with Gasteiger partial charge in [0.2, 0.25) is 0 Å². The molecule has 0 spiro atoms. The molecular formula is C30H31FN6O4. The quantitative estimate of drug-likeness (QED) is 0.258. The summed E-state index contributed by atoms with van der Waals surface area (Å²) in [6, 6.07) is 14.4. The molecule has 41 heavy (non-hydrogen) atoms. The zero-order valence-corrected chi connectivity index (χ0v) is 22.7. The average Bonchev–Trinajstić information content (AvgIpc) is 3.55. The lowest BCUT2D eigenvalue weighted by atomic mass is 9.90. The Morgan fingerprint density at radius 1 is 1.10 bits per heavy atom. The summed E-state index contributed by atoms with van der Waals surface area (Å²) in [5.74, 6) is 0.760. The van der Waals surface area contributed by atoms with Gasteiger partial charge in [-0.1, -0.05) is 18.2 Å². The van der Waals surface area contributed by atoms with Crippen LogP contribution in [0.1, 0.15) is 36.0 Å². The summed E-state index contributed by atoms with van der Waals surface area (Å²) in [7, 11) is 1.50. The maximum atomic E-state index is 14.8. The largest absolute Gasteiger partial charge is 0.497 e. The highest BCUT2D eigenvalue weighted by atomic mass is 19.1. The van der Waals surface area contributed by atoms with Crippen LogP contribution < -0.4 is 20.1 Å². The third-order valence-corrected chi connectivity index (χ3v) is 7.17. The molecule has 3 heterocycles. The summed E-state index contributed by atoms with van der Waals surface area (Å²) in [5, 5.41) is 6.94. The standard InChI is InChI=1S/C30H31FN6O4/c1-40-23-14-22(15-24(16-23)41-18-28(32)39)27(38)6-5-19-8-11-37(12-9-19)30-25(31)17-33-29(35-30)21-4-2-3-20(13-21)26-7-10-34-36-26/h2-4,7,10,13-17,19H,5-6,8-9,11-12,18H2,1H3,(H2,32,39)(H,34,36). The number of amides is 1. The van der Waals surface area contributed by atoms with Crippen LogP contribution in [-0.2, 0) is 4.79 Å². The summed E-state index contributed by atoms with van der Waals surface area (Å²) in [4.78, 5) is 34.8. The van der Waals surface area contributed by atoms with Gasteiger partial charge in [-0.05, 0) is 49.4 Å². The molecule has 1 fully saturated rings. The van der Waals surface area contributed by atoms with E-state index in [0.29, 0.717) is 54.7 Å². The van der Waals surface area contributed by atoms with E-state index >= 15 is 0 Å². The molecule has 2 aromatic carbocycles. The number of anilines is 1. The molecule has 0 saturated carbocycles. The number of H-pyrrole nitrogens is 1. The number of ketones is 1. The van der Waals surface area contributed by atoms with Crippen LogP contribution in [0.4, 0.5) is 10.2 Å². The number of piperidine rings is 1. The van der Waals surface area contributed by atoms with Crippen LogP contribution in [0.15, 0.2) is 60.9 Å². The number of halogens is 1. The molecule has 5 rings (SSSR count). The second kappa shape index (κ2) is 12.6. The Balaban J connectivity index is 1.19. The fraction of sp³-hybridized carbons (Fsp3) is 0.300. The number of nitrogens with zero attached hydrogens (tertiary/aromatic N) is 4. The van der Waals surface area contributed by atoms with Crippen LogP contribution >= 0.6 is 0 Å². The number of methoxy groups -OCH3 is 1. The minimum absolute atomic E-state index is 0.0425. The third-order valence-electron chi connectivity index (χ3n) is 7.17. The number of nitrogens with two attached hydrogens (primary N) is 1. The number of benzene rings is 2. The van der Waals surface area contributed by atoms with Gasteiger partial charge in [0, 0.05) is 48.5 Å². The monoisotopic (exact) mass is 558 g/mol. The molecule has 1 aliphatic heterocycles. The maximum Gasteiger partial charge on any atom is 0.255 e. The van der Waals surface area contributed by atoms with E-state index in [1.165, 1.54) is 13.3 Å². The molecule has 0 radical (unpaired) electrons. The van der Waals surface area contributed by atoms with Crippen LogP contribution in [-0.4, -0.2) is 58.7 Å². The number of hydrogen-bond donors (Lipinski definition) is 2. The Morgan fingerprint density at radius 2 is 1.88 bits per heavy atom. The van der Waals surface area contributed by atoms with Crippen molar-refractivity contribution in [1.82, 2.24) is 20.2 Å². The Bertz CT molecular complexity index is 1520. The third kappa shape index (κ3) is 6.86. The van der Waals surface area contributed by atoms with Crippen molar-refractivity contribution in [3.05, 3.63) is 72.3 Å². The van der Waals surface area contributed by atoms with E-state index in [4.69, 9.17) is 15.2 Å². The van der Waals surface area contributed by atoms with Gasteiger partial charge >= 0.3 is 0 Å². The smallest absolute Gasteiger partial charge is 0.255 e. The predicted octanol–water partition coefficient (Wildman–Crippen LogP) is 4.43. The average molecular weight is 559 g/mol. The Morgan fingerprint density at radius 3 is 2.61 bits per heavy atom. The summed E-state index contributed by atoms with van der Waals surface area (Å²) < 4.78 is 25.5. The summed E-state index contributed by atoms with van der Waals surface area (Å²) in [5.41, 5.74) is 8.20. The first-order valence-corrected chi connectivity index (χ1v) is 13.4. The number of ether oxygens (including phenoxy) is 2. The second-order valence-electron chi connectivity index (χ2n) is 9.96. The first-order chi connectivity index (χ1) is 19.9. The zero-order valence-electron chi connectivity index (χ0n) is 22.7. The van der Waals surface area contributed by atoms with Crippen molar-refractivity contribution in [2.75, 3.05) is 31.7 Å². The lowest BCUT2D eigenvalue weighted by molar-refractivity contribution is -0.119. The number of Topliss-reactive ketones (excluding diaryl/α,β-unsaturated/α-hetero) is 1. The molecule has 212 valence electrons. The molecule has 0 aliphatic carbocycles. The van der Waals surface area contributed by atoms with Crippen molar-refractivity contribution in [2.24, 2.45) is 11.7 Å². The molecule has 10 nitrogen and oxygen atoms in total. The zero-order chi connectivity index (χ0) is 28.8. The predicted molar refractivity (Wildman–Crippen MR) is 151 cm³/mol. The molecule has 1 saturated heterocycles. The lowest BCUT2D eigenvalue weighted by Crippen LogP contribution is -2.35. The molecule has 3 N–H and O–H groups in total. The van der Waals surface area contributed by atoms with E-state index in [0.717, 1.165) is 29.7 Å². The van der Waals surface area contributed by atoms with E-state index in [1.807, 2.05) is 35.2 Å². The number of aromatic nitrogens is 4.